The molecule has 1 rings (SSSR count). The SMILES string of the molecule is Cc1ccc(C#N)c(CN)c1Br. The van der Waals surface area contributed by atoms with Crippen molar-refractivity contribution in [1.82, 2.24) is 0 Å². The van der Waals surface area contributed by atoms with E-state index in [1.165, 1.54) is 0 Å². The molecular weight excluding hydrogens is 216 g/mol. The van der Waals surface area contributed by atoms with Crippen LogP contribution in [0.25, 0.3) is 0 Å². The van der Waals surface area contributed by atoms with Crippen molar-refractivity contribution >= 4 is 15.9 Å². The summed E-state index contributed by atoms with van der Waals surface area (Å²) in [4.78, 5) is 0. The van der Waals surface area contributed by atoms with Gasteiger partial charge in [0.2, 0.25) is 0 Å². The second kappa shape index (κ2) is 3.70. The molecule has 0 atom stereocenters. The van der Waals surface area contributed by atoms with Gasteiger partial charge in [-0.1, -0.05) is 22.0 Å². The molecule has 0 unspecified atom stereocenters. The number of hydrogen-bond donors (Lipinski definition) is 1. The highest BCUT2D eigenvalue weighted by molar-refractivity contribution is 9.10. The fourth-order valence-electron chi connectivity index (χ4n) is 1.04. The highest BCUT2D eigenvalue weighted by atomic mass is 79.9. The van der Waals surface area contributed by atoms with Gasteiger partial charge in [0, 0.05) is 11.0 Å². The van der Waals surface area contributed by atoms with E-state index in [0.717, 1.165) is 15.6 Å². The molecule has 0 saturated carbocycles. The predicted molar refractivity (Wildman–Crippen MR) is 51.5 cm³/mol. The Morgan fingerprint density at radius 3 is 2.75 bits per heavy atom. The third kappa shape index (κ3) is 1.50. The van der Waals surface area contributed by atoms with Crippen LogP contribution in [0.5, 0.6) is 0 Å². The van der Waals surface area contributed by atoms with Crippen molar-refractivity contribution in [1.29, 1.82) is 5.26 Å². The molecule has 0 spiro atoms. The van der Waals surface area contributed by atoms with Crippen molar-refractivity contribution in [3.8, 4) is 6.07 Å². The molecule has 0 bridgehead atoms. The molecule has 1 aromatic carbocycles. The molecule has 0 aliphatic heterocycles. The lowest BCUT2D eigenvalue weighted by molar-refractivity contribution is 1.04. The molecule has 2 N–H and O–H groups in total. The van der Waals surface area contributed by atoms with Gasteiger partial charge < -0.3 is 5.73 Å². The van der Waals surface area contributed by atoms with Gasteiger partial charge in [0.15, 0.2) is 0 Å². The van der Waals surface area contributed by atoms with E-state index in [1.54, 1.807) is 6.07 Å². The van der Waals surface area contributed by atoms with E-state index in [0.29, 0.717) is 12.1 Å². The Hall–Kier alpha value is -0.850. The summed E-state index contributed by atoms with van der Waals surface area (Å²) in [6, 6.07) is 5.80. The third-order valence-electron chi connectivity index (χ3n) is 1.76. The minimum absolute atomic E-state index is 0.394. The van der Waals surface area contributed by atoms with E-state index in [2.05, 4.69) is 22.0 Å². The summed E-state index contributed by atoms with van der Waals surface area (Å²) in [6.07, 6.45) is 0. The summed E-state index contributed by atoms with van der Waals surface area (Å²) in [7, 11) is 0. The molecule has 0 fully saturated rings. The first-order chi connectivity index (χ1) is 5.70. The van der Waals surface area contributed by atoms with Crippen LogP contribution < -0.4 is 5.73 Å². The maximum absolute atomic E-state index is 8.74. The Labute approximate surface area is 80.1 Å². The summed E-state index contributed by atoms with van der Waals surface area (Å²) in [6.45, 7) is 2.37. The molecule has 0 aliphatic carbocycles. The van der Waals surface area contributed by atoms with Crippen molar-refractivity contribution in [2.45, 2.75) is 13.5 Å². The maximum atomic E-state index is 8.74. The van der Waals surface area contributed by atoms with Crippen LogP contribution in [-0.4, -0.2) is 0 Å². The van der Waals surface area contributed by atoms with Crippen molar-refractivity contribution in [3.63, 3.8) is 0 Å². The molecule has 0 saturated heterocycles. The zero-order valence-corrected chi connectivity index (χ0v) is 8.35. The third-order valence-corrected chi connectivity index (χ3v) is 2.86. The van der Waals surface area contributed by atoms with Crippen LogP contribution in [0.2, 0.25) is 0 Å². The van der Waals surface area contributed by atoms with Crippen LogP contribution in [0.3, 0.4) is 0 Å². The number of halogens is 1. The maximum Gasteiger partial charge on any atom is 0.0995 e. The normalized spacial score (nSPS) is 9.50. The van der Waals surface area contributed by atoms with E-state index in [-0.39, 0.29) is 0 Å². The molecule has 0 aromatic heterocycles. The van der Waals surface area contributed by atoms with Crippen LogP contribution >= 0.6 is 15.9 Å². The predicted octanol–water partition coefficient (Wildman–Crippen LogP) is 2.09. The number of nitrogens with two attached hydrogens (primary N) is 1. The number of nitriles is 1. The first-order valence-electron chi connectivity index (χ1n) is 3.59. The Morgan fingerprint density at radius 2 is 2.25 bits per heavy atom. The van der Waals surface area contributed by atoms with E-state index in [1.807, 2.05) is 13.0 Å². The summed E-state index contributed by atoms with van der Waals surface area (Å²) < 4.78 is 0.948. The summed E-state index contributed by atoms with van der Waals surface area (Å²) >= 11 is 3.40. The number of nitrogens with zero attached hydrogens (tertiary/aromatic N) is 1. The Bertz CT molecular complexity index is 339. The highest BCUT2D eigenvalue weighted by Gasteiger charge is 2.06. The summed E-state index contributed by atoms with van der Waals surface area (Å²) in [5, 5.41) is 8.74. The van der Waals surface area contributed by atoms with Crippen molar-refractivity contribution < 1.29 is 0 Å². The standard InChI is InChI=1S/C9H9BrN2/c1-6-2-3-7(4-11)8(5-12)9(6)10/h2-3H,5,12H2,1H3. The van der Waals surface area contributed by atoms with Crippen LogP contribution in [0.4, 0.5) is 0 Å². The average Bonchev–Trinajstić information content (AvgIpc) is 2.09. The second-order valence-electron chi connectivity index (χ2n) is 2.54. The lowest BCUT2D eigenvalue weighted by atomic mass is 10.1. The van der Waals surface area contributed by atoms with Gasteiger partial charge >= 0.3 is 0 Å². The van der Waals surface area contributed by atoms with Crippen molar-refractivity contribution in [2.24, 2.45) is 5.73 Å². The Balaban J connectivity index is 3.38. The summed E-state index contributed by atoms with van der Waals surface area (Å²) in [5.41, 5.74) is 8.16. The zero-order valence-electron chi connectivity index (χ0n) is 6.76. The molecule has 62 valence electrons. The smallest absolute Gasteiger partial charge is 0.0995 e. The number of rotatable bonds is 1. The van der Waals surface area contributed by atoms with Gasteiger partial charge in [-0.3, -0.25) is 0 Å². The van der Waals surface area contributed by atoms with Gasteiger partial charge in [0.05, 0.1) is 11.6 Å². The lowest BCUT2D eigenvalue weighted by Crippen LogP contribution is -2.01. The quantitative estimate of drug-likeness (QED) is 0.795. The van der Waals surface area contributed by atoms with Crippen LogP contribution in [0, 0.1) is 18.3 Å². The number of hydrogen-bond acceptors (Lipinski definition) is 2. The topological polar surface area (TPSA) is 49.8 Å². The van der Waals surface area contributed by atoms with Crippen molar-refractivity contribution in [2.75, 3.05) is 0 Å². The summed E-state index contributed by atoms with van der Waals surface area (Å²) in [5.74, 6) is 0. The molecule has 2 nitrogen and oxygen atoms in total. The van der Waals surface area contributed by atoms with Crippen LogP contribution in [-0.2, 0) is 6.54 Å². The highest BCUT2D eigenvalue weighted by Crippen LogP contribution is 2.23. The monoisotopic (exact) mass is 224 g/mol. The fraction of sp³-hybridized carbons (Fsp3) is 0.222. The minimum atomic E-state index is 0.394. The lowest BCUT2D eigenvalue weighted by Gasteiger charge is -2.05. The van der Waals surface area contributed by atoms with Gasteiger partial charge in [-0.25, -0.2) is 0 Å². The van der Waals surface area contributed by atoms with E-state index >= 15 is 0 Å². The van der Waals surface area contributed by atoms with Gasteiger partial charge in [-0.05, 0) is 24.1 Å². The molecule has 0 radical (unpaired) electrons. The second-order valence-corrected chi connectivity index (χ2v) is 3.33. The molecule has 1 aromatic rings. The van der Waals surface area contributed by atoms with E-state index in [4.69, 9.17) is 11.0 Å². The Morgan fingerprint density at radius 1 is 1.58 bits per heavy atom. The van der Waals surface area contributed by atoms with Gasteiger partial charge in [-0.2, -0.15) is 5.26 Å². The molecular formula is C9H9BrN2. The minimum Gasteiger partial charge on any atom is -0.326 e. The van der Waals surface area contributed by atoms with Gasteiger partial charge in [-0.15, -0.1) is 0 Å². The fourth-order valence-corrected chi connectivity index (χ4v) is 1.55. The molecule has 0 heterocycles. The first-order valence-corrected chi connectivity index (χ1v) is 4.38. The first kappa shape index (κ1) is 9.24. The molecule has 0 aliphatic rings. The van der Waals surface area contributed by atoms with E-state index < -0.39 is 0 Å². The Kier molecular flexibility index (Phi) is 2.85. The number of benzene rings is 1. The molecule has 12 heavy (non-hydrogen) atoms. The largest absolute Gasteiger partial charge is 0.326 e. The molecule has 0 amide bonds. The van der Waals surface area contributed by atoms with Gasteiger partial charge in [0.1, 0.15) is 0 Å². The van der Waals surface area contributed by atoms with E-state index in [9.17, 15) is 0 Å². The average molecular weight is 225 g/mol. The van der Waals surface area contributed by atoms with Crippen LogP contribution in [0.1, 0.15) is 16.7 Å². The van der Waals surface area contributed by atoms with Crippen molar-refractivity contribution in [3.05, 3.63) is 33.3 Å². The number of aryl methyl sites for hydroxylation is 1. The molecule has 3 heteroatoms. The van der Waals surface area contributed by atoms with Crippen LogP contribution in [0.15, 0.2) is 16.6 Å². The zero-order chi connectivity index (χ0) is 9.14. The van der Waals surface area contributed by atoms with Gasteiger partial charge in [0.25, 0.3) is 0 Å².